The molecule has 0 amide bonds. The fourth-order valence-corrected chi connectivity index (χ4v) is 7.86. The van der Waals surface area contributed by atoms with Crippen LogP contribution < -0.4 is 0 Å². The summed E-state index contributed by atoms with van der Waals surface area (Å²) in [4.78, 5) is 11.3. The van der Waals surface area contributed by atoms with Gasteiger partial charge in [-0.2, -0.15) is 0 Å². The van der Waals surface area contributed by atoms with E-state index < -0.39 is 0 Å². The van der Waals surface area contributed by atoms with Crippen LogP contribution in [0.5, 0.6) is 0 Å². The van der Waals surface area contributed by atoms with Crippen LogP contribution in [0.3, 0.4) is 0 Å². The molecule has 0 saturated heterocycles. The minimum Gasteiger partial charge on any atom is -0.303 e. The molecule has 0 bridgehead atoms. The molecule has 4 saturated carbocycles. The lowest BCUT2D eigenvalue weighted by Crippen LogP contribution is -2.45. The van der Waals surface area contributed by atoms with Crippen molar-refractivity contribution in [2.75, 3.05) is 0 Å². The predicted molar refractivity (Wildman–Crippen MR) is 85.7 cm³/mol. The number of carbonyl (C=O) groups excluding carboxylic acids is 1. The maximum atomic E-state index is 11.3. The Balaban J connectivity index is 1.53. The predicted octanol–water partition coefficient (Wildman–Crippen LogP) is 3.22. The number of hydrogen-bond donors (Lipinski definition) is 0. The van der Waals surface area contributed by atoms with Crippen molar-refractivity contribution >= 4 is 16.5 Å². The van der Waals surface area contributed by atoms with Gasteiger partial charge in [0.1, 0.15) is 6.29 Å². The summed E-state index contributed by atoms with van der Waals surface area (Å²) in [7, 11) is 1.23. The molecule has 1 nitrogen and oxygen atoms in total. The van der Waals surface area contributed by atoms with Gasteiger partial charge in [0, 0.05) is 16.2 Å². The number of aldehydes is 1. The normalized spacial score (nSPS) is 54.8. The van der Waals surface area contributed by atoms with Gasteiger partial charge in [-0.05, 0) is 86.0 Å². The highest BCUT2D eigenvalue weighted by molar-refractivity contribution is 6.12. The van der Waals surface area contributed by atoms with E-state index in [1.165, 1.54) is 61.5 Å². The quantitative estimate of drug-likeness (QED) is 0.535. The highest BCUT2D eigenvalue weighted by Gasteiger charge is 2.50. The van der Waals surface area contributed by atoms with Crippen LogP contribution in [0.25, 0.3) is 0 Å². The van der Waals surface area contributed by atoms with Crippen LogP contribution in [0.4, 0.5) is 0 Å². The largest absolute Gasteiger partial charge is 0.303 e. The number of rotatable bonds is 1. The lowest BCUT2D eigenvalue weighted by atomic mass is 9.53. The molecule has 0 aromatic heterocycles. The molecular weight excluding hydrogens is 260 g/mol. The third-order valence-electron chi connectivity index (χ3n) is 7.84. The summed E-state index contributed by atoms with van der Waals surface area (Å²) in [6, 6.07) is 0. The van der Waals surface area contributed by atoms with Crippen molar-refractivity contribution in [3.63, 3.8) is 0 Å². The molecule has 0 aromatic carbocycles. The summed E-state index contributed by atoms with van der Waals surface area (Å²) in [5.41, 5.74) is 0.786. The SMILES string of the molecule is O=CC1CC2CCC3C4CCCC4CCC3C2CC1[SiH3]. The molecule has 4 aliphatic rings. The summed E-state index contributed by atoms with van der Waals surface area (Å²) in [6.45, 7) is 0. The molecule has 4 aliphatic carbocycles. The zero-order valence-electron chi connectivity index (χ0n) is 13.0. The molecule has 0 N–H and O–H groups in total. The molecule has 2 heteroatoms. The van der Waals surface area contributed by atoms with Crippen LogP contribution in [-0.4, -0.2) is 16.5 Å². The van der Waals surface area contributed by atoms with E-state index in [4.69, 9.17) is 0 Å². The number of hydrogen-bond acceptors (Lipinski definition) is 1. The third kappa shape index (κ3) is 2.05. The van der Waals surface area contributed by atoms with Gasteiger partial charge in [0.25, 0.3) is 0 Å². The zero-order chi connectivity index (χ0) is 13.7. The average Bonchev–Trinajstić information content (AvgIpc) is 2.94. The van der Waals surface area contributed by atoms with Gasteiger partial charge in [-0.15, -0.1) is 0 Å². The van der Waals surface area contributed by atoms with Crippen molar-refractivity contribution in [1.29, 1.82) is 0 Å². The Morgan fingerprint density at radius 3 is 2.30 bits per heavy atom. The molecule has 0 heterocycles. The molecule has 112 valence electrons. The summed E-state index contributed by atoms with van der Waals surface area (Å²) < 4.78 is 0. The van der Waals surface area contributed by atoms with Crippen LogP contribution >= 0.6 is 0 Å². The first-order valence-electron chi connectivity index (χ1n) is 9.23. The minimum atomic E-state index is 0.433. The lowest BCUT2D eigenvalue weighted by molar-refractivity contribution is -0.114. The van der Waals surface area contributed by atoms with Gasteiger partial charge in [-0.1, -0.05) is 12.8 Å². The first-order chi connectivity index (χ1) is 9.78. The van der Waals surface area contributed by atoms with Gasteiger partial charge >= 0.3 is 0 Å². The number of fused-ring (bicyclic) bond motifs is 5. The van der Waals surface area contributed by atoms with E-state index in [2.05, 4.69) is 0 Å². The Morgan fingerprint density at radius 1 is 0.750 bits per heavy atom. The van der Waals surface area contributed by atoms with Gasteiger partial charge in [0.05, 0.1) is 0 Å². The lowest BCUT2D eigenvalue weighted by Gasteiger charge is -2.53. The van der Waals surface area contributed by atoms with Crippen molar-refractivity contribution in [3.05, 3.63) is 0 Å². The average molecular weight is 291 g/mol. The highest BCUT2D eigenvalue weighted by Crippen LogP contribution is 2.59. The maximum absolute atomic E-state index is 11.3. The van der Waals surface area contributed by atoms with E-state index in [9.17, 15) is 4.79 Å². The standard InChI is InChI=1S/C18H30OSi/c19-10-13-8-12-5-7-15-14-3-1-2-11(14)4-6-16(15)17(12)9-18(13)20/h10-18H,1-9H2,20H3. The minimum absolute atomic E-state index is 0.433. The van der Waals surface area contributed by atoms with E-state index in [0.717, 1.165) is 41.0 Å². The van der Waals surface area contributed by atoms with Crippen LogP contribution in [0.2, 0.25) is 5.54 Å². The molecule has 0 aliphatic heterocycles. The molecule has 20 heavy (non-hydrogen) atoms. The molecule has 4 rings (SSSR count). The van der Waals surface area contributed by atoms with Crippen molar-refractivity contribution in [2.45, 2.75) is 63.3 Å². The van der Waals surface area contributed by atoms with Crippen LogP contribution in [-0.2, 0) is 4.79 Å². The second kappa shape index (κ2) is 5.26. The van der Waals surface area contributed by atoms with E-state index in [-0.39, 0.29) is 0 Å². The highest BCUT2D eigenvalue weighted by atomic mass is 28.1. The van der Waals surface area contributed by atoms with Crippen molar-refractivity contribution < 1.29 is 4.79 Å². The Kier molecular flexibility index (Phi) is 3.56. The van der Waals surface area contributed by atoms with Crippen molar-refractivity contribution in [2.24, 2.45) is 41.4 Å². The fourth-order valence-electron chi connectivity index (χ4n) is 6.89. The zero-order valence-corrected chi connectivity index (χ0v) is 15.0. The molecule has 0 radical (unpaired) electrons. The van der Waals surface area contributed by atoms with Crippen LogP contribution in [0, 0.1) is 41.4 Å². The molecule has 8 atom stereocenters. The molecule has 0 spiro atoms. The maximum Gasteiger partial charge on any atom is 0.123 e. The van der Waals surface area contributed by atoms with Gasteiger partial charge in [0.15, 0.2) is 0 Å². The first-order valence-corrected chi connectivity index (χ1v) is 10.4. The first kappa shape index (κ1) is 13.5. The summed E-state index contributed by atoms with van der Waals surface area (Å²) in [5, 5.41) is 0. The topological polar surface area (TPSA) is 17.1 Å². The van der Waals surface area contributed by atoms with Crippen LogP contribution in [0.1, 0.15) is 57.8 Å². The van der Waals surface area contributed by atoms with E-state index in [0.29, 0.717) is 5.92 Å². The fraction of sp³-hybridized carbons (Fsp3) is 0.944. The monoisotopic (exact) mass is 290 g/mol. The van der Waals surface area contributed by atoms with E-state index in [1.807, 2.05) is 0 Å². The number of carbonyl (C=O) groups is 1. The van der Waals surface area contributed by atoms with Gasteiger partial charge in [-0.25, -0.2) is 0 Å². The van der Waals surface area contributed by atoms with E-state index >= 15 is 0 Å². The third-order valence-corrected chi connectivity index (χ3v) is 9.17. The second-order valence-electron chi connectivity index (χ2n) is 8.51. The summed E-state index contributed by atoms with van der Waals surface area (Å²) in [6.07, 6.45) is 14.6. The molecule has 8 unspecified atom stereocenters. The smallest absolute Gasteiger partial charge is 0.123 e. The molecular formula is C18H30OSi. The van der Waals surface area contributed by atoms with E-state index in [1.54, 1.807) is 12.8 Å². The van der Waals surface area contributed by atoms with Crippen LogP contribution in [0.15, 0.2) is 0 Å². The summed E-state index contributed by atoms with van der Waals surface area (Å²) >= 11 is 0. The second-order valence-corrected chi connectivity index (χ2v) is 9.99. The Hall–Kier alpha value is -0.113. The van der Waals surface area contributed by atoms with Gasteiger partial charge in [0.2, 0.25) is 0 Å². The van der Waals surface area contributed by atoms with Crippen molar-refractivity contribution in [3.8, 4) is 0 Å². The Morgan fingerprint density at radius 2 is 1.50 bits per heavy atom. The Bertz CT molecular complexity index is 382. The Labute approximate surface area is 126 Å². The van der Waals surface area contributed by atoms with Crippen molar-refractivity contribution in [1.82, 2.24) is 0 Å². The van der Waals surface area contributed by atoms with Gasteiger partial charge < -0.3 is 4.79 Å². The summed E-state index contributed by atoms with van der Waals surface area (Å²) in [5.74, 6) is 6.69. The molecule has 4 fully saturated rings. The molecule has 0 aromatic rings. The van der Waals surface area contributed by atoms with Gasteiger partial charge in [-0.3, -0.25) is 0 Å².